The highest BCUT2D eigenvalue weighted by Crippen LogP contribution is 2.25. The van der Waals surface area contributed by atoms with Crippen molar-refractivity contribution in [2.45, 2.75) is 6.10 Å². The Morgan fingerprint density at radius 2 is 2.04 bits per heavy atom. The van der Waals surface area contributed by atoms with Gasteiger partial charge in [-0.15, -0.1) is 0 Å². The van der Waals surface area contributed by atoms with Crippen LogP contribution in [0.5, 0.6) is 5.75 Å². The largest absolute Gasteiger partial charge is 0.497 e. The molecule has 2 aromatic carbocycles. The summed E-state index contributed by atoms with van der Waals surface area (Å²) in [6.45, 7) is 0.589. The molecule has 2 N–H and O–H groups in total. The first-order valence-corrected chi connectivity index (χ1v) is 8.22. The zero-order chi connectivity index (χ0) is 18.5. The van der Waals surface area contributed by atoms with Crippen LogP contribution in [0.15, 0.2) is 48.5 Å². The Balaban J connectivity index is 1.82. The van der Waals surface area contributed by atoms with Gasteiger partial charge < -0.3 is 24.8 Å². The molecule has 0 aromatic heterocycles. The van der Waals surface area contributed by atoms with E-state index in [-0.39, 0.29) is 19.1 Å². The molecule has 2 aromatic rings. The molecule has 26 heavy (non-hydrogen) atoms. The summed E-state index contributed by atoms with van der Waals surface area (Å²) in [6.07, 6.45) is -0.994. The number of benzene rings is 2. The van der Waals surface area contributed by atoms with Gasteiger partial charge in [-0.3, -0.25) is 4.79 Å². The van der Waals surface area contributed by atoms with Crippen molar-refractivity contribution in [3.63, 3.8) is 0 Å². The quantitative estimate of drug-likeness (QED) is 0.855. The molecule has 0 bridgehead atoms. The summed E-state index contributed by atoms with van der Waals surface area (Å²) in [5.74, 6) is -0.591. The number of carboxylic acid groups (broad SMARTS) is 1. The predicted molar refractivity (Wildman–Crippen MR) is 96.0 cm³/mol. The van der Waals surface area contributed by atoms with E-state index in [1.165, 1.54) is 4.90 Å². The summed E-state index contributed by atoms with van der Waals surface area (Å²) in [5.41, 5.74) is 1.90. The van der Waals surface area contributed by atoms with Gasteiger partial charge in [-0.25, -0.2) is 4.79 Å². The first-order chi connectivity index (χ1) is 12.6. The van der Waals surface area contributed by atoms with Gasteiger partial charge in [0.25, 0.3) is 5.91 Å². The topological polar surface area (TPSA) is 88.1 Å². The molecule has 0 radical (unpaired) electrons. The van der Waals surface area contributed by atoms with Gasteiger partial charge in [-0.2, -0.15) is 0 Å². The van der Waals surface area contributed by atoms with Crippen LogP contribution in [0.1, 0.15) is 10.4 Å². The normalized spacial score (nSPS) is 16.8. The lowest BCUT2D eigenvalue weighted by Gasteiger charge is -2.31. The van der Waals surface area contributed by atoms with Crippen LogP contribution >= 0.6 is 0 Å². The molecule has 1 amide bonds. The molecule has 1 atom stereocenters. The Kier molecular flexibility index (Phi) is 5.38. The van der Waals surface area contributed by atoms with E-state index in [4.69, 9.17) is 14.6 Å². The maximum Gasteiger partial charge on any atom is 0.334 e. The smallest absolute Gasteiger partial charge is 0.334 e. The fourth-order valence-corrected chi connectivity index (χ4v) is 2.79. The summed E-state index contributed by atoms with van der Waals surface area (Å²) in [4.78, 5) is 25.6. The number of nitrogens with zero attached hydrogens (tertiary/aromatic N) is 1. The molecule has 1 aliphatic rings. The second kappa shape index (κ2) is 7.88. The van der Waals surface area contributed by atoms with E-state index in [9.17, 15) is 9.59 Å². The minimum absolute atomic E-state index is 0.0294. The third kappa shape index (κ3) is 3.94. The van der Waals surface area contributed by atoms with Gasteiger partial charge in [0.2, 0.25) is 0 Å². The summed E-state index contributed by atoms with van der Waals surface area (Å²) < 4.78 is 10.4. The zero-order valence-electron chi connectivity index (χ0n) is 14.3. The maximum absolute atomic E-state index is 12.9. The van der Waals surface area contributed by atoms with Crippen molar-refractivity contribution >= 4 is 23.3 Å². The van der Waals surface area contributed by atoms with E-state index in [1.54, 1.807) is 19.2 Å². The Morgan fingerprint density at radius 3 is 2.81 bits per heavy atom. The number of amides is 1. The fraction of sp³-hybridized carbons (Fsp3) is 0.263. The molecule has 1 aliphatic heterocycles. The highest BCUT2D eigenvalue weighted by atomic mass is 16.5. The molecule has 0 unspecified atom stereocenters. The van der Waals surface area contributed by atoms with Crippen LogP contribution in [0, 0.1) is 0 Å². The monoisotopic (exact) mass is 356 g/mol. The van der Waals surface area contributed by atoms with Crippen molar-refractivity contribution in [3.05, 3.63) is 54.1 Å². The number of hydrogen-bond acceptors (Lipinski definition) is 5. The van der Waals surface area contributed by atoms with E-state index < -0.39 is 12.1 Å². The number of carbonyl (C=O) groups excluding carboxylic acids is 1. The van der Waals surface area contributed by atoms with Crippen LogP contribution in [0.25, 0.3) is 0 Å². The minimum Gasteiger partial charge on any atom is -0.497 e. The van der Waals surface area contributed by atoms with Crippen molar-refractivity contribution in [2.75, 3.05) is 32.1 Å². The first kappa shape index (κ1) is 17.8. The van der Waals surface area contributed by atoms with Crippen molar-refractivity contribution in [3.8, 4) is 5.75 Å². The van der Waals surface area contributed by atoms with E-state index >= 15 is 0 Å². The maximum atomic E-state index is 12.9. The van der Waals surface area contributed by atoms with E-state index in [2.05, 4.69) is 5.32 Å². The molecule has 0 spiro atoms. The zero-order valence-corrected chi connectivity index (χ0v) is 14.3. The van der Waals surface area contributed by atoms with Gasteiger partial charge in [0.05, 0.1) is 31.5 Å². The number of carbonyl (C=O) groups is 2. The Morgan fingerprint density at radius 1 is 1.23 bits per heavy atom. The number of nitrogens with one attached hydrogen (secondary N) is 1. The summed E-state index contributed by atoms with van der Waals surface area (Å²) in [6, 6.07) is 14.5. The van der Waals surface area contributed by atoms with Crippen LogP contribution in [-0.4, -0.2) is 54.8 Å². The molecular weight excluding hydrogens is 336 g/mol. The molecule has 1 saturated heterocycles. The number of para-hydroxylation sites is 1. The summed E-state index contributed by atoms with van der Waals surface area (Å²) >= 11 is 0. The SMILES string of the molecule is COc1cccc(Nc2ccccc2C(=O)N2CCO[C@@H](C(=O)O)C2)c1. The van der Waals surface area contributed by atoms with Crippen LogP contribution in [-0.2, 0) is 9.53 Å². The number of hydrogen-bond donors (Lipinski definition) is 2. The van der Waals surface area contributed by atoms with Crippen LogP contribution in [0.3, 0.4) is 0 Å². The number of carboxylic acids is 1. The van der Waals surface area contributed by atoms with Crippen molar-refractivity contribution < 1.29 is 24.2 Å². The second-order valence-corrected chi connectivity index (χ2v) is 5.85. The summed E-state index contributed by atoms with van der Waals surface area (Å²) in [7, 11) is 1.59. The van der Waals surface area contributed by atoms with Crippen molar-refractivity contribution in [1.29, 1.82) is 0 Å². The van der Waals surface area contributed by atoms with Gasteiger partial charge in [0, 0.05) is 18.3 Å². The molecule has 0 aliphatic carbocycles. The average molecular weight is 356 g/mol. The van der Waals surface area contributed by atoms with Gasteiger partial charge in [-0.1, -0.05) is 18.2 Å². The van der Waals surface area contributed by atoms with E-state index in [0.717, 1.165) is 5.69 Å². The van der Waals surface area contributed by atoms with Gasteiger partial charge in [-0.05, 0) is 24.3 Å². The Hall–Kier alpha value is -3.06. The first-order valence-electron chi connectivity index (χ1n) is 8.22. The van der Waals surface area contributed by atoms with Gasteiger partial charge in [0.1, 0.15) is 5.75 Å². The average Bonchev–Trinajstić information content (AvgIpc) is 2.68. The van der Waals surface area contributed by atoms with E-state index in [0.29, 0.717) is 23.5 Å². The number of ether oxygens (including phenoxy) is 2. The number of methoxy groups -OCH3 is 1. The number of aliphatic carboxylic acids is 1. The molecule has 1 fully saturated rings. The molecule has 3 rings (SSSR count). The highest BCUT2D eigenvalue weighted by molar-refractivity contribution is 6.00. The molecular formula is C19H20N2O5. The molecule has 136 valence electrons. The number of rotatable bonds is 5. The third-order valence-electron chi connectivity index (χ3n) is 4.14. The van der Waals surface area contributed by atoms with Crippen LogP contribution in [0.2, 0.25) is 0 Å². The molecule has 7 nitrogen and oxygen atoms in total. The van der Waals surface area contributed by atoms with Crippen LogP contribution < -0.4 is 10.1 Å². The summed E-state index contributed by atoms with van der Waals surface area (Å²) in [5, 5.41) is 12.3. The second-order valence-electron chi connectivity index (χ2n) is 5.85. The molecule has 0 saturated carbocycles. The lowest BCUT2D eigenvalue weighted by atomic mass is 10.1. The Bertz CT molecular complexity index is 808. The van der Waals surface area contributed by atoms with E-state index in [1.807, 2.05) is 36.4 Å². The molecule has 7 heteroatoms. The Labute approximate surface area is 151 Å². The number of morpholine rings is 1. The molecule has 1 heterocycles. The van der Waals surface area contributed by atoms with Gasteiger partial charge in [0.15, 0.2) is 6.10 Å². The van der Waals surface area contributed by atoms with Crippen molar-refractivity contribution in [2.24, 2.45) is 0 Å². The fourth-order valence-electron chi connectivity index (χ4n) is 2.79. The standard InChI is InChI=1S/C19H20N2O5/c1-25-14-6-4-5-13(11-14)20-16-8-3-2-7-15(16)18(22)21-9-10-26-17(12-21)19(23)24/h2-8,11,17,20H,9-10,12H2,1H3,(H,23,24)/t17-/m1/s1. The lowest BCUT2D eigenvalue weighted by molar-refractivity contribution is -0.154. The van der Waals surface area contributed by atoms with Crippen LogP contribution in [0.4, 0.5) is 11.4 Å². The van der Waals surface area contributed by atoms with Crippen molar-refractivity contribution in [1.82, 2.24) is 4.90 Å². The van der Waals surface area contributed by atoms with Gasteiger partial charge >= 0.3 is 5.97 Å². The highest BCUT2D eigenvalue weighted by Gasteiger charge is 2.30. The number of anilines is 2. The minimum atomic E-state index is -1.06. The predicted octanol–water partition coefficient (Wildman–Crippen LogP) is 2.36. The lowest BCUT2D eigenvalue weighted by Crippen LogP contribution is -2.48. The third-order valence-corrected chi connectivity index (χ3v) is 4.14.